The first-order chi connectivity index (χ1) is 4.75. The Hall–Kier alpha value is -0.0500. The molecule has 1 aromatic heterocycles. The summed E-state index contributed by atoms with van der Waals surface area (Å²) < 4.78 is 0. The van der Waals surface area contributed by atoms with Gasteiger partial charge in [0.25, 0.3) is 0 Å². The van der Waals surface area contributed by atoms with Gasteiger partial charge < -0.3 is 5.73 Å². The normalized spacial score (nSPS) is 13.5. The van der Waals surface area contributed by atoms with Gasteiger partial charge in [0.05, 0.1) is 5.02 Å². The second-order valence-electron chi connectivity index (χ2n) is 2.27. The average Bonchev–Trinajstić information content (AvgIpc) is 2.34. The number of hydrogen-bond acceptors (Lipinski definition) is 2. The summed E-state index contributed by atoms with van der Waals surface area (Å²) in [6.45, 7) is 2.75. The van der Waals surface area contributed by atoms with Gasteiger partial charge in [0.15, 0.2) is 0 Å². The van der Waals surface area contributed by atoms with Crippen LogP contribution in [0, 0.1) is 0 Å². The van der Waals surface area contributed by atoms with E-state index in [1.807, 2.05) is 11.4 Å². The number of halogens is 1. The molecular formula is C7H10ClNS. The zero-order chi connectivity index (χ0) is 7.56. The van der Waals surface area contributed by atoms with E-state index in [1.54, 1.807) is 11.3 Å². The van der Waals surface area contributed by atoms with Crippen LogP contribution in [0.3, 0.4) is 0 Å². The molecule has 0 saturated carbocycles. The topological polar surface area (TPSA) is 26.0 Å². The summed E-state index contributed by atoms with van der Waals surface area (Å²) in [5, 5.41) is 2.84. The van der Waals surface area contributed by atoms with Crippen LogP contribution in [0.2, 0.25) is 5.02 Å². The molecule has 1 atom stereocenters. The first-order valence-electron chi connectivity index (χ1n) is 3.18. The van der Waals surface area contributed by atoms with E-state index in [9.17, 15) is 0 Å². The molecule has 0 aromatic carbocycles. The zero-order valence-corrected chi connectivity index (χ0v) is 7.38. The molecule has 0 aliphatic carbocycles. The largest absolute Gasteiger partial charge is 0.330 e. The molecule has 0 aliphatic rings. The molecule has 0 saturated heterocycles. The van der Waals surface area contributed by atoms with Crippen LogP contribution in [0.25, 0.3) is 0 Å². The molecule has 0 spiro atoms. The van der Waals surface area contributed by atoms with Gasteiger partial charge in [-0.05, 0) is 18.0 Å². The Morgan fingerprint density at radius 1 is 1.80 bits per heavy atom. The SMILES string of the molecule is CC(CN)c1sccc1Cl. The van der Waals surface area contributed by atoms with E-state index in [0.717, 1.165) is 5.02 Å². The van der Waals surface area contributed by atoms with Crippen LogP contribution in [0.1, 0.15) is 17.7 Å². The summed E-state index contributed by atoms with van der Waals surface area (Å²) >= 11 is 7.54. The Bertz CT molecular complexity index is 209. The van der Waals surface area contributed by atoms with Crippen molar-refractivity contribution in [3.63, 3.8) is 0 Å². The molecule has 1 rings (SSSR count). The Balaban J connectivity index is 2.82. The van der Waals surface area contributed by atoms with E-state index in [4.69, 9.17) is 17.3 Å². The van der Waals surface area contributed by atoms with Crippen LogP contribution in [0.15, 0.2) is 11.4 Å². The van der Waals surface area contributed by atoms with E-state index < -0.39 is 0 Å². The van der Waals surface area contributed by atoms with E-state index in [1.165, 1.54) is 4.88 Å². The highest BCUT2D eigenvalue weighted by Gasteiger charge is 2.07. The first-order valence-corrected chi connectivity index (χ1v) is 4.44. The maximum Gasteiger partial charge on any atom is 0.0548 e. The van der Waals surface area contributed by atoms with Gasteiger partial charge >= 0.3 is 0 Å². The summed E-state index contributed by atoms with van der Waals surface area (Å²) in [7, 11) is 0. The maximum absolute atomic E-state index is 5.87. The fraction of sp³-hybridized carbons (Fsp3) is 0.429. The predicted molar refractivity (Wildman–Crippen MR) is 46.8 cm³/mol. The quantitative estimate of drug-likeness (QED) is 0.735. The van der Waals surface area contributed by atoms with Crippen molar-refractivity contribution in [2.45, 2.75) is 12.8 Å². The van der Waals surface area contributed by atoms with E-state index in [-0.39, 0.29) is 0 Å². The maximum atomic E-state index is 5.87. The number of rotatable bonds is 2. The Morgan fingerprint density at radius 3 is 2.90 bits per heavy atom. The molecule has 0 aliphatic heterocycles. The molecular weight excluding hydrogens is 166 g/mol. The Kier molecular flexibility index (Phi) is 2.72. The highest BCUT2D eigenvalue weighted by molar-refractivity contribution is 7.10. The highest BCUT2D eigenvalue weighted by Crippen LogP contribution is 2.28. The molecule has 0 bridgehead atoms. The summed E-state index contributed by atoms with van der Waals surface area (Å²) in [5.41, 5.74) is 5.48. The van der Waals surface area contributed by atoms with Gasteiger partial charge in [-0.2, -0.15) is 0 Å². The minimum absolute atomic E-state index is 0.396. The summed E-state index contributed by atoms with van der Waals surface area (Å²) in [5.74, 6) is 0.396. The smallest absolute Gasteiger partial charge is 0.0548 e. The number of thiophene rings is 1. The summed E-state index contributed by atoms with van der Waals surface area (Å²) in [6.07, 6.45) is 0. The van der Waals surface area contributed by atoms with E-state index >= 15 is 0 Å². The van der Waals surface area contributed by atoms with Gasteiger partial charge in [-0.15, -0.1) is 11.3 Å². The number of hydrogen-bond donors (Lipinski definition) is 1. The lowest BCUT2D eigenvalue weighted by molar-refractivity contribution is 0.790. The van der Waals surface area contributed by atoms with Crippen molar-refractivity contribution in [1.82, 2.24) is 0 Å². The zero-order valence-electron chi connectivity index (χ0n) is 5.80. The average molecular weight is 176 g/mol. The van der Waals surface area contributed by atoms with Crippen LogP contribution in [0.4, 0.5) is 0 Å². The van der Waals surface area contributed by atoms with E-state index in [2.05, 4.69) is 6.92 Å². The van der Waals surface area contributed by atoms with Crippen molar-refractivity contribution in [3.05, 3.63) is 21.3 Å². The lowest BCUT2D eigenvalue weighted by Crippen LogP contribution is -2.07. The third kappa shape index (κ3) is 1.51. The number of nitrogens with two attached hydrogens (primary N) is 1. The summed E-state index contributed by atoms with van der Waals surface area (Å²) in [6, 6.07) is 1.91. The van der Waals surface area contributed by atoms with Crippen molar-refractivity contribution in [3.8, 4) is 0 Å². The second-order valence-corrected chi connectivity index (χ2v) is 3.62. The molecule has 1 nitrogen and oxygen atoms in total. The minimum Gasteiger partial charge on any atom is -0.330 e. The fourth-order valence-corrected chi connectivity index (χ4v) is 2.08. The van der Waals surface area contributed by atoms with Crippen molar-refractivity contribution in [1.29, 1.82) is 0 Å². The van der Waals surface area contributed by atoms with Crippen molar-refractivity contribution < 1.29 is 0 Å². The van der Waals surface area contributed by atoms with Crippen LogP contribution in [-0.2, 0) is 0 Å². The molecule has 0 amide bonds. The molecule has 0 radical (unpaired) electrons. The predicted octanol–water partition coefficient (Wildman–Crippen LogP) is 2.46. The fourth-order valence-electron chi connectivity index (χ4n) is 0.764. The van der Waals surface area contributed by atoms with Gasteiger partial charge in [-0.3, -0.25) is 0 Å². The van der Waals surface area contributed by atoms with Gasteiger partial charge in [0.2, 0.25) is 0 Å². The summed E-state index contributed by atoms with van der Waals surface area (Å²) in [4.78, 5) is 1.20. The van der Waals surface area contributed by atoms with Crippen LogP contribution < -0.4 is 5.73 Å². The van der Waals surface area contributed by atoms with Gasteiger partial charge in [-0.25, -0.2) is 0 Å². The third-order valence-electron chi connectivity index (χ3n) is 1.45. The van der Waals surface area contributed by atoms with Crippen LogP contribution >= 0.6 is 22.9 Å². The van der Waals surface area contributed by atoms with Crippen molar-refractivity contribution >= 4 is 22.9 Å². The Labute approximate surface area is 69.8 Å². The van der Waals surface area contributed by atoms with Crippen molar-refractivity contribution in [2.24, 2.45) is 5.73 Å². The second kappa shape index (κ2) is 3.37. The van der Waals surface area contributed by atoms with Gasteiger partial charge in [0, 0.05) is 10.8 Å². The molecule has 1 unspecified atom stereocenters. The molecule has 10 heavy (non-hydrogen) atoms. The van der Waals surface area contributed by atoms with Crippen molar-refractivity contribution in [2.75, 3.05) is 6.54 Å². The molecule has 1 heterocycles. The molecule has 1 aromatic rings. The van der Waals surface area contributed by atoms with Crippen LogP contribution in [-0.4, -0.2) is 6.54 Å². The standard InChI is InChI=1S/C7H10ClNS/c1-5(4-9)7-6(8)2-3-10-7/h2-3,5H,4,9H2,1H3. The first kappa shape index (κ1) is 8.05. The van der Waals surface area contributed by atoms with E-state index in [0.29, 0.717) is 12.5 Å². The lowest BCUT2D eigenvalue weighted by Gasteiger charge is -2.04. The van der Waals surface area contributed by atoms with Crippen LogP contribution in [0.5, 0.6) is 0 Å². The highest BCUT2D eigenvalue weighted by atomic mass is 35.5. The third-order valence-corrected chi connectivity index (χ3v) is 3.04. The van der Waals surface area contributed by atoms with Gasteiger partial charge in [-0.1, -0.05) is 18.5 Å². The Morgan fingerprint density at radius 2 is 2.50 bits per heavy atom. The van der Waals surface area contributed by atoms with Gasteiger partial charge in [0.1, 0.15) is 0 Å². The molecule has 3 heteroatoms. The molecule has 56 valence electrons. The molecule has 0 fully saturated rings. The lowest BCUT2D eigenvalue weighted by atomic mass is 10.1. The minimum atomic E-state index is 0.396. The monoisotopic (exact) mass is 175 g/mol. The molecule has 2 N–H and O–H groups in total.